The number of nitrogen functional groups attached to an aromatic ring is 1. The van der Waals surface area contributed by atoms with Gasteiger partial charge in [0, 0.05) is 36.9 Å². The summed E-state index contributed by atoms with van der Waals surface area (Å²) in [5.74, 6) is 1.20. The molecule has 1 unspecified atom stereocenters. The standard InChI is InChI=1S/C27H30N8O2/c1-18-24-26(28)30-17-31-27(24)35(32-18)19(2)22-15-20-5-3-4-8-34(20)25(22)23-7-6-21(16-29-23)37-14-11-33-9-12-36-13-10-33/h3-8,15-17,19H,9-14H2,1-2H3,(H2,28,30,31). The molecule has 5 aromatic heterocycles. The first kappa shape index (κ1) is 23.4. The number of nitrogens with two attached hydrogens (primary N) is 1. The lowest BCUT2D eigenvalue weighted by Crippen LogP contribution is -2.38. The van der Waals surface area contributed by atoms with Crippen LogP contribution in [0.15, 0.2) is 55.1 Å². The summed E-state index contributed by atoms with van der Waals surface area (Å²) in [5, 5.41) is 5.58. The summed E-state index contributed by atoms with van der Waals surface area (Å²) in [6.45, 7) is 9.02. The van der Waals surface area contributed by atoms with Gasteiger partial charge in [0.1, 0.15) is 24.5 Å². The lowest BCUT2D eigenvalue weighted by atomic mass is 10.1. The van der Waals surface area contributed by atoms with Gasteiger partial charge in [-0.3, -0.25) is 9.88 Å². The molecular formula is C27H30N8O2. The van der Waals surface area contributed by atoms with Crippen LogP contribution < -0.4 is 10.5 Å². The summed E-state index contributed by atoms with van der Waals surface area (Å²) in [6, 6.07) is 12.2. The van der Waals surface area contributed by atoms with Crippen molar-refractivity contribution in [3.63, 3.8) is 0 Å². The number of hydrogen-bond donors (Lipinski definition) is 1. The zero-order valence-corrected chi connectivity index (χ0v) is 21.0. The third kappa shape index (κ3) is 4.38. The lowest BCUT2D eigenvalue weighted by molar-refractivity contribution is 0.0322. The number of fused-ring (bicyclic) bond motifs is 2. The molecule has 10 nitrogen and oxygen atoms in total. The Morgan fingerprint density at radius 3 is 2.78 bits per heavy atom. The molecular weight excluding hydrogens is 468 g/mol. The Bertz CT molecular complexity index is 1540. The average Bonchev–Trinajstić information content (AvgIpc) is 3.48. The first-order valence-electron chi connectivity index (χ1n) is 12.5. The Balaban J connectivity index is 1.32. The number of aryl methyl sites for hydroxylation is 1. The van der Waals surface area contributed by atoms with Crippen LogP contribution in [0.4, 0.5) is 5.82 Å². The van der Waals surface area contributed by atoms with Gasteiger partial charge in [0.2, 0.25) is 0 Å². The van der Waals surface area contributed by atoms with Crippen molar-refractivity contribution in [1.82, 2.24) is 34.0 Å². The van der Waals surface area contributed by atoms with Crippen LogP contribution in [0.2, 0.25) is 0 Å². The molecule has 5 aromatic rings. The monoisotopic (exact) mass is 498 g/mol. The fourth-order valence-electron chi connectivity index (χ4n) is 5.03. The molecule has 1 saturated heterocycles. The van der Waals surface area contributed by atoms with Crippen LogP contribution in [0.5, 0.6) is 5.75 Å². The molecule has 0 amide bonds. The van der Waals surface area contributed by atoms with Crippen molar-refractivity contribution in [2.75, 3.05) is 45.2 Å². The molecule has 37 heavy (non-hydrogen) atoms. The van der Waals surface area contributed by atoms with Crippen molar-refractivity contribution in [2.45, 2.75) is 19.9 Å². The molecule has 1 aliphatic heterocycles. The van der Waals surface area contributed by atoms with E-state index in [-0.39, 0.29) is 6.04 Å². The van der Waals surface area contributed by atoms with Gasteiger partial charge in [-0.1, -0.05) is 6.07 Å². The number of aromatic nitrogens is 6. The molecule has 0 spiro atoms. The van der Waals surface area contributed by atoms with E-state index in [9.17, 15) is 0 Å². The lowest BCUT2D eigenvalue weighted by Gasteiger charge is -2.26. The second-order valence-corrected chi connectivity index (χ2v) is 9.29. The zero-order chi connectivity index (χ0) is 25.4. The number of rotatable bonds is 7. The number of ether oxygens (including phenoxy) is 2. The van der Waals surface area contributed by atoms with Gasteiger partial charge in [-0.15, -0.1) is 0 Å². The van der Waals surface area contributed by atoms with Crippen LogP contribution in [-0.4, -0.2) is 73.5 Å². The third-order valence-electron chi connectivity index (χ3n) is 6.98. The van der Waals surface area contributed by atoms with E-state index in [2.05, 4.69) is 44.5 Å². The van der Waals surface area contributed by atoms with Gasteiger partial charge in [0.15, 0.2) is 5.65 Å². The van der Waals surface area contributed by atoms with Crippen LogP contribution in [-0.2, 0) is 4.74 Å². The maximum atomic E-state index is 6.14. The zero-order valence-electron chi connectivity index (χ0n) is 21.0. The molecule has 0 saturated carbocycles. The van der Waals surface area contributed by atoms with E-state index >= 15 is 0 Å². The van der Waals surface area contributed by atoms with Gasteiger partial charge >= 0.3 is 0 Å². The first-order valence-corrected chi connectivity index (χ1v) is 12.5. The molecule has 1 fully saturated rings. The fourth-order valence-corrected chi connectivity index (χ4v) is 5.03. The van der Waals surface area contributed by atoms with Gasteiger partial charge in [0.05, 0.1) is 47.9 Å². The van der Waals surface area contributed by atoms with Gasteiger partial charge < -0.3 is 19.6 Å². The first-order chi connectivity index (χ1) is 18.1. The highest BCUT2D eigenvalue weighted by Gasteiger charge is 2.23. The molecule has 1 atom stereocenters. The van der Waals surface area contributed by atoms with Crippen molar-refractivity contribution in [3.05, 3.63) is 66.4 Å². The van der Waals surface area contributed by atoms with Crippen LogP contribution in [0, 0.1) is 6.92 Å². The van der Waals surface area contributed by atoms with E-state index in [4.69, 9.17) is 25.3 Å². The van der Waals surface area contributed by atoms with Crippen molar-refractivity contribution in [3.8, 4) is 17.1 Å². The molecule has 0 bridgehead atoms. The Hall–Kier alpha value is -4.02. The van der Waals surface area contributed by atoms with Crippen molar-refractivity contribution in [2.24, 2.45) is 0 Å². The van der Waals surface area contributed by atoms with Crippen molar-refractivity contribution < 1.29 is 9.47 Å². The van der Waals surface area contributed by atoms with Gasteiger partial charge in [-0.2, -0.15) is 5.10 Å². The van der Waals surface area contributed by atoms with E-state index in [0.717, 1.165) is 77.8 Å². The predicted molar refractivity (Wildman–Crippen MR) is 142 cm³/mol. The molecule has 1 aliphatic rings. The number of morpholine rings is 1. The Kier molecular flexibility index (Phi) is 6.19. The van der Waals surface area contributed by atoms with E-state index in [1.807, 2.05) is 35.9 Å². The summed E-state index contributed by atoms with van der Waals surface area (Å²) in [6.07, 6.45) is 5.34. The Labute approximate surface area is 214 Å². The predicted octanol–water partition coefficient (Wildman–Crippen LogP) is 3.35. The summed E-state index contributed by atoms with van der Waals surface area (Å²) < 4.78 is 15.5. The van der Waals surface area contributed by atoms with Crippen molar-refractivity contribution >= 4 is 22.4 Å². The SMILES string of the molecule is Cc1nn(C(C)c2cc3ccccn3c2-c2ccc(OCCN3CCOCC3)cn2)c2ncnc(N)c12. The second-order valence-electron chi connectivity index (χ2n) is 9.29. The highest BCUT2D eigenvalue weighted by atomic mass is 16.5. The summed E-state index contributed by atoms with van der Waals surface area (Å²) in [5.41, 5.74) is 11.7. The molecule has 0 aromatic carbocycles. The highest BCUT2D eigenvalue weighted by Crippen LogP contribution is 2.35. The fraction of sp³-hybridized carbons (Fsp3) is 0.333. The van der Waals surface area contributed by atoms with E-state index in [1.165, 1.54) is 6.33 Å². The van der Waals surface area contributed by atoms with Gasteiger partial charge in [-0.25, -0.2) is 14.6 Å². The molecule has 10 heteroatoms. The van der Waals surface area contributed by atoms with Crippen LogP contribution >= 0.6 is 0 Å². The molecule has 6 heterocycles. The summed E-state index contributed by atoms with van der Waals surface area (Å²) in [7, 11) is 0. The van der Waals surface area contributed by atoms with Crippen LogP contribution in [0.3, 0.4) is 0 Å². The van der Waals surface area contributed by atoms with Crippen LogP contribution in [0.25, 0.3) is 27.9 Å². The third-order valence-corrected chi connectivity index (χ3v) is 6.98. The number of nitrogens with zero attached hydrogens (tertiary/aromatic N) is 7. The topological polar surface area (TPSA) is 109 Å². The van der Waals surface area contributed by atoms with Gasteiger partial charge in [0.25, 0.3) is 0 Å². The number of pyridine rings is 2. The largest absolute Gasteiger partial charge is 0.491 e. The maximum Gasteiger partial charge on any atom is 0.164 e. The summed E-state index contributed by atoms with van der Waals surface area (Å²) in [4.78, 5) is 15.8. The molecule has 0 aliphatic carbocycles. The Morgan fingerprint density at radius 2 is 1.97 bits per heavy atom. The maximum absolute atomic E-state index is 6.14. The normalized spacial score (nSPS) is 15.4. The molecule has 190 valence electrons. The summed E-state index contributed by atoms with van der Waals surface area (Å²) >= 11 is 0. The van der Waals surface area contributed by atoms with Gasteiger partial charge in [-0.05, 0) is 44.2 Å². The van der Waals surface area contributed by atoms with E-state index < -0.39 is 0 Å². The minimum Gasteiger partial charge on any atom is -0.491 e. The second kappa shape index (κ2) is 9.79. The molecule has 6 rings (SSSR count). The molecule has 0 radical (unpaired) electrons. The highest BCUT2D eigenvalue weighted by molar-refractivity contribution is 5.88. The van der Waals surface area contributed by atoms with E-state index in [0.29, 0.717) is 12.4 Å². The number of hydrogen-bond acceptors (Lipinski definition) is 8. The van der Waals surface area contributed by atoms with E-state index in [1.54, 1.807) is 6.20 Å². The average molecular weight is 499 g/mol. The van der Waals surface area contributed by atoms with Crippen LogP contribution in [0.1, 0.15) is 24.2 Å². The number of anilines is 1. The smallest absolute Gasteiger partial charge is 0.164 e. The molecule has 2 N–H and O–H groups in total. The Morgan fingerprint density at radius 1 is 1.11 bits per heavy atom. The minimum atomic E-state index is -0.119. The quantitative estimate of drug-likeness (QED) is 0.364. The van der Waals surface area contributed by atoms with Crippen molar-refractivity contribution in [1.29, 1.82) is 0 Å². The minimum absolute atomic E-state index is 0.119.